The van der Waals surface area contributed by atoms with Crippen molar-refractivity contribution in [3.05, 3.63) is 24.3 Å². The summed E-state index contributed by atoms with van der Waals surface area (Å²) in [4.78, 5) is 38.6. The number of carbonyl (C=O) groups excluding carboxylic acids is 2. The number of hydrogen-bond acceptors (Lipinski definition) is 20. The van der Waals surface area contributed by atoms with Crippen LogP contribution in [0.15, 0.2) is 24.3 Å². The summed E-state index contributed by atoms with van der Waals surface area (Å²) in [7, 11) is 0. The Morgan fingerprint density at radius 1 is 0.565 bits per heavy atom. The molecule has 92 heavy (non-hydrogen) atoms. The van der Waals surface area contributed by atoms with Crippen molar-refractivity contribution in [1.29, 1.82) is 0 Å². The van der Waals surface area contributed by atoms with Crippen LogP contribution in [0, 0.1) is 0 Å². The molecule has 18 unspecified atom stereocenters. The van der Waals surface area contributed by atoms with Crippen LogP contribution < -0.4 is 10.6 Å². The average molecular weight is 1320 g/mol. The Bertz CT molecular complexity index is 1960. The van der Waals surface area contributed by atoms with Gasteiger partial charge in [0.25, 0.3) is 5.79 Å². The molecule has 0 radical (unpaired) electrons. The lowest BCUT2D eigenvalue weighted by Crippen LogP contribution is -2.70. The van der Waals surface area contributed by atoms with Crippen molar-refractivity contribution in [2.24, 2.45) is 0 Å². The minimum atomic E-state index is -3.08. The van der Waals surface area contributed by atoms with Crippen LogP contribution in [0.1, 0.15) is 258 Å². The Morgan fingerprint density at radius 3 is 1.48 bits per heavy atom. The maximum Gasteiger partial charge on any atom is 0.364 e. The van der Waals surface area contributed by atoms with Gasteiger partial charge in [0.05, 0.1) is 50.7 Å². The molecule has 0 saturated carbocycles. The minimum Gasteiger partial charge on any atom is -0.477 e. The van der Waals surface area contributed by atoms with E-state index < -0.39 is 155 Å². The molecule has 0 aliphatic carbocycles. The van der Waals surface area contributed by atoms with Crippen molar-refractivity contribution in [1.82, 2.24) is 10.6 Å². The quantitative estimate of drug-likeness (QED) is 0.0219. The molecule has 0 aromatic heterocycles. The predicted octanol–water partition coefficient (Wildman–Crippen LogP) is 6.84. The van der Waals surface area contributed by atoms with E-state index in [0.29, 0.717) is 12.8 Å². The first-order valence-electron chi connectivity index (χ1n) is 35.7. The van der Waals surface area contributed by atoms with Crippen LogP contribution in [0.2, 0.25) is 0 Å². The zero-order chi connectivity index (χ0) is 67.5. The number of unbranched alkanes of at least 4 members (excludes halogenated alkanes) is 32. The van der Waals surface area contributed by atoms with Gasteiger partial charge in [-0.15, -0.1) is 0 Å². The topological polar surface area (TPSA) is 373 Å². The van der Waals surface area contributed by atoms with Gasteiger partial charge in [-0.25, -0.2) is 4.79 Å². The highest BCUT2D eigenvalue weighted by Crippen LogP contribution is 2.39. The van der Waals surface area contributed by atoms with Gasteiger partial charge < -0.3 is 100 Å². The molecule has 3 aliphatic heterocycles. The Morgan fingerprint density at radius 2 is 1.02 bits per heavy atom. The zero-order valence-corrected chi connectivity index (χ0v) is 56.2. The molecule has 23 heteroatoms. The molecule has 23 nitrogen and oxygen atoms in total. The van der Waals surface area contributed by atoms with Gasteiger partial charge in [0.15, 0.2) is 12.6 Å². The highest BCUT2D eigenvalue weighted by atomic mass is 16.8. The fourth-order valence-electron chi connectivity index (χ4n) is 12.4. The van der Waals surface area contributed by atoms with Crippen LogP contribution in [0.25, 0.3) is 0 Å². The van der Waals surface area contributed by atoms with Crippen molar-refractivity contribution in [3.63, 3.8) is 0 Å². The van der Waals surface area contributed by atoms with Gasteiger partial charge in [0, 0.05) is 19.8 Å². The van der Waals surface area contributed by atoms with Gasteiger partial charge in [0.2, 0.25) is 11.8 Å². The van der Waals surface area contributed by atoms with E-state index in [4.69, 9.17) is 28.4 Å². The molecule has 14 N–H and O–H groups in total. The van der Waals surface area contributed by atoms with E-state index in [1.54, 1.807) is 6.08 Å². The molecule has 0 aromatic carbocycles. The van der Waals surface area contributed by atoms with E-state index >= 15 is 0 Å². The van der Waals surface area contributed by atoms with E-state index in [-0.39, 0.29) is 12.3 Å². The molecular formula is C69H126N2O21. The number of rotatable bonds is 54. The largest absolute Gasteiger partial charge is 0.477 e. The number of nitrogens with one attached hydrogen (secondary N) is 2. The first-order chi connectivity index (χ1) is 44.4. The number of carboxylic acid groups (broad SMARTS) is 1. The number of hydrogen-bond donors (Lipinski definition) is 14. The molecule has 3 heterocycles. The first kappa shape index (κ1) is 83.4. The highest BCUT2D eigenvalue weighted by Gasteiger charge is 2.60. The molecule has 0 spiro atoms. The Labute approximate surface area is 549 Å². The fraction of sp³-hybridized carbons (Fsp3) is 0.899. The van der Waals surface area contributed by atoms with Gasteiger partial charge in [-0.05, 0) is 44.9 Å². The molecule has 2 amide bonds. The van der Waals surface area contributed by atoms with E-state index in [1.165, 1.54) is 141 Å². The van der Waals surface area contributed by atoms with Crippen LogP contribution in [-0.4, -0.2) is 215 Å². The third-order valence-electron chi connectivity index (χ3n) is 18.1. The Hall–Kier alpha value is -2.79. The number of carboxylic acids is 1. The lowest BCUT2D eigenvalue weighted by atomic mass is 9.88. The number of amides is 2. The van der Waals surface area contributed by atoms with Gasteiger partial charge >= 0.3 is 5.97 Å². The van der Waals surface area contributed by atoms with Crippen molar-refractivity contribution >= 4 is 17.8 Å². The third kappa shape index (κ3) is 31.6. The molecular weight excluding hydrogens is 1190 g/mol. The van der Waals surface area contributed by atoms with Crippen LogP contribution in [0.3, 0.4) is 0 Å². The summed E-state index contributed by atoms with van der Waals surface area (Å²) in [5, 5.41) is 136. The van der Waals surface area contributed by atoms with Gasteiger partial charge in [-0.1, -0.05) is 218 Å². The Kier molecular flexibility index (Phi) is 45.1. The number of carbonyl (C=O) groups is 3. The third-order valence-corrected chi connectivity index (χ3v) is 18.1. The highest BCUT2D eigenvalue weighted by molar-refractivity contribution is 5.77. The molecule has 3 saturated heterocycles. The molecule has 3 fully saturated rings. The zero-order valence-electron chi connectivity index (χ0n) is 56.2. The fourth-order valence-corrected chi connectivity index (χ4v) is 12.4. The number of aliphatic hydroxyl groups excluding tert-OH is 11. The average Bonchev–Trinajstić information content (AvgIpc) is 0.767. The second-order valence-electron chi connectivity index (χ2n) is 26.1. The smallest absolute Gasteiger partial charge is 0.364 e. The van der Waals surface area contributed by atoms with E-state index in [1.807, 2.05) is 6.08 Å². The van der Waals surface area contributed by atoms with Crippen molar-refractivity contribution in [3.8, 4) is 0 Å². The monoisotopic (exact) mass is 1320 g/mol. The summed E-state index contributed by atoms with van der Waals surface area (Å²) in [5.74, 6) is -6.15. The summed E-state index contributed by atoms with van der Waals surface area (Å²) in [6.07, 6.45) is 20.7. The predicted molar refractivity (Wildman–Crippen MR) is 348 cm³/mol. The number of allylic oxidation sites excluding steroid dienone is 3. The van der Waals surface area contributed by atoms with Crippen LogP contribution in [-0.2, 0) is 42.8 Å². The van der Waals surface area contributed by atoms with Crippen molar-refractivity contribution in [2.45, 2.75) is 368 Å². The molecule has 3 rings (SSSR count). The van der Waals surface area contributed by atoms with Crippen molar-refractivity contribution in [2.75, 3.05) is 26.4 Å². The summed E-state index contributed by atoms with van der Waals surface area (Å²) in [5.41, 5.74) is 0. The number of ether oxygens (including phenoxy) is 6. The maximum absolute atomic E-state index is 13.5. The second kappa shape index (κ2) is 49.7. The minimum absolute atomic E-state index is 0.196. The molecule has 3 aliphatic rings. The normalized spacial score (nSPS) is 28.3. The summed E-state index contributed by atoms with van der Waals surface area (Å²) in [6, 6.07) is -2.62. The first-order valence-corrected chi connectivity index (χ1v) is 35.7. The van der Waals surface area contributed by atoms with Crippen LogP contribution >= 0.6 is 0 Å². The van der Waals surface area contributed by atoms with Crippen LogP contribution in [0.4, 0.5) is 0 Å². The SMILES string of the molecule is CCCCCCCCCC/C=C\CCCCCCCCCC(=O)NC(COC1OC(CO)C(OC2OC(CO)C(O)C(OC3(C(=O)O)CC(O)C(NC(C)=O)C(C(O)C(O)CO)O3)C2O)C(O)C1O)C(O)/C=C/CCCCCCCCCCCCCCCCCCC. The lowest BCUT2D eigenvalue weighted by molar-refractivity contribution is -0.386. The second-order valence-corrected chi connectivity index (χ2v) is 26.1. The van der Waals surface area contributed by atoms with E-state index in [9.17, 15) is 75.7 Å². The van der Waals surface area contributed by atoms with Crippen molar-refractivity contribution < 1.29 is 104 Å². The van der Waals surface area contributed by atoms with Gasteiger partial charge in [-0.2, -0.15) is 0 Å². The number of aliphatic hydroxyl groups is 11. The summed E-state index contributed by atoms with van der Waals surface area (Å²) < 4.78 is 34.8. The van der Waals surface area contributed by atoms with Gasteiger partial charge in [-0.3, -0.25) is 9.59 Å². The maximum atomic E-state index is 13.5. The summed E-state index contributed by atoms with van der Waals surface area (Å²) >= 11 is 0. The molecule has 538 valence electrons. The van der Waals surface area contributed by atoms with E-state index in [2.05, 4.69) is 36.6 Å². The summed E-state index contributed by atoms with van der Waals surface area (Å²) in [6.45, 7) is 2.15. The Balaban J connectivity index is 1.60. The van der Waals surface area contributed by atoms with E-state index in [0.717, 1.165) is 77.6 Å². The standard InChI is InChI=1S/C69H126N2O21/c1-4-6-8-10-12-14-16-18-20-22-24-26-28-30-32-34-36-38-40-42-51(76)50(71-56(79)43-41-39-37-35-33-31-29-27-25-23-21-19-17-15-13-11-9-7-5-2)48-87-66-61(83)60(82)63(55(47-74)89-66)90-67-62(84)65(59(81)54(46-73)88-67)92-69(68(85)86)44-52(77)57(70-49(3)75)64(91-69)58(80)53(78)45-72/h23,25,40,42,50-55,57-67,72-74,76-78,80-84H,4-22,24,26-39,41,43-48H2,1-3H3,(H,70,75)(H,71,79)(H,85,86)/b25-23-,42-40+. The molecule has 0 aromatic rings. The van der Waals surface area contributed by atoms with Crippen LogP contribution in [0.5, 0.6) is 0 Å². The molecule has 0 bridgehead atoms. The van der Waals surface area contributed by atoms with Gasteiger partial charge in [0.1, 0.15) is 67.1 Å². The molecule has 18 atom stereocenters. The number of aliphatic carboxylic acids is 1. The lowest BCUT2D eigenvalue weighted by Gasteiger charge is -2.50.